The maximum absolute atomic E-state index is 11.6. The number of carbonyl (C=O) groups is 1. The van der Waals surface area contributed by atoms with E-state index < -0.39 is 0 Å². The summed E-state index contributed by atoms with van der Waals surface area (Å²) in [6.07, 6.45) is 10.1. The van der Waals surface area contributed by atoms with E-state index in [1.807, 2.05) is 0 Å². The van der Waals surface area contributed by atoms with Crippen molar-refractivity contribution >= 4 is 5.97 Å². The van der Waals surface area contributed by atoms with Crippen LogP contribution in [0.15, 0.2) is 0 Å². The number of rotatable bonds is 23. The quantitative estimate of drug-likeness (QED) is 0.184. The normalized spacial score (nSPS) is 14.7. The summed E-state index contributed by atoms with van der Waals surface area (Å²) in [5, 5.41) is 3.32. The Bertz CT molecular complexity index is 406. The zero-order chi connectivity index (χ0) is 23.0. The van der Waals surface area contributed by atoms with E-state index in [4.69, 9.17) is 28.4 Å². The summed E-state index contributed by atoms with van der Waals surface area (Å²) in [6.45, 7) is 9.41. The molecule has 0 aromatic carbocycles. The predicted octanol–water partition coefficient (Wildman–Crippen LogP) is 3.12. The van der Waals surface area contributed by atoms with Gasteiger partial charge in [0, 0.05) is 6.42 Å². The molecule has 0 radical (unpaired) electrons. The Balaban J connectivity index is 1.68. The average Bonchev–Trinajstić information content (AvgIpc) is 2.81. The summed E-state index contributed by atoms with van der Waals surface area (Å²) in [7, 11) is 0. The van der Waals surface area contributed by atoms with E-state index in [0.717, 1.165) is 38.8 Å². The number of ether oxygens (including phenoxy) is 6. The van der Waals surface area contributed by atoms with E-state index in [1.54, 1.807) is 0 Å². The molecule has 0 aromatic heterocycles. The topological polar surface area (TPSA) is 84.5 Å². The number of hydrogen-bond acceptors (Lipinski definition) is 8. The Kier molecular flexibility index (Phi) is 21.4. The van der Waals surface area contributed by atoms with Gasteiger partial charge in [0.15, 0.2) is 0 Å². The number of nitrogens with one attached hydrogen (secondary N) is 1. The first-order valence-electron chi connectivity index (χ1n) is 12.6. The zero-order valence-corrected chi connectivity index (χ0v) is 20.3. The predicted molar refractivity (Wildman–Crippen MR) is 124 cm³/mol. The van der Waals surface area contributed by atoms with Crippen LogP contribution in [0.1, 0.15) is 64.7 Å². The summed E-state index contributed by atoms with van der Waals surface area (Å²) in [5.74, 6) is -0.129. The number of esters is 1. The first-order chi connectivity index (χ1) is 15.8. The van der Waals surface area contributed by atoms with Crippen LogP contribution in [0.4, 0.5) is 0 Å². The second kappa shape index (κ2) is 23.4. The molecule has 1 rings (SSSR count). The van der Waals surface area contributed by atoms with Crippen molar-refractivity contribution in [3.05, 3.63) is 0 Å². The molecule has 0 amide bonds. The molecular weight excluding hydrogens is 414 g/mol. The van der Waals surface area contributed by atoms with Crippen molar-refractivity contribution in [1.82, 2.24) is 5.32 Å². The van der Waals surface area contributed by atoms with E-state index in [9.17, 15) is 4.79 Å². The molecule has 0 bridgehead atoms. The minimum Gasteiger partial charge on any atom is -0.463 e. The molecule has 0 unspecified atom stereocenters. The highest BCUT2D eigenvalue weighted by atomic mass is 16.6. The van der Waals surface area contributed by atoms with Crippen molar-refractivity contribution in [3.63, 3.8) is 0 Å². The smallest absolute Gasteiger partial charge is 0.305 e. The molecule has 1 saturated heterocycles. The maximum Gasteiger partial charge on any atom is 0.305 e. The largest absolute Gasteiger partial charge is 0.463 e. The first kappa shape index (κ1) is 29.3. The van der Waals surface area contributed by atoms with Crippen LogP contribution in [0.2, 0.25) is 0 Å². The van der Waals surface area contributed by atoms with Gasteiger partial charge in [0.05, 0.1) is 65.6 Å². The van der Waals surface area contributed by atoms with E-state index in [1.165, 1.54) is 25.7 Å². The van der Waals surface area contributed by atoms with Gasteiger partial charge in [-0.3, -0.25) is 4.79 Å². The van der Waals surface area contributed by atoms with Crippen LogP contribution >= 0.6 is 0 Å². The third-order valence-electron chi connectivity index (χ3n) is 5.21. The maximum atomic E-state index is 11.6. The highest BCUT2D eigenvalue weighted by Gasteiger charge is 2.12. The Morgan fingerprint density at radius 1 is 0.688 bits per heavy atom. The standard InChI is InChI=1S/C24H47NO7/c1-2-3-4-5-6-7-8-24(26)32-22-20-30-18-16-28-14-13-27-15-17-29-19-21-31-23-9-11-25-12-10-23/h23,25H,2-22H2,1H3. The van der Waals surface area contributed by atoms with E-state index in [2.05, 4.69) is 12.2 Å². The van der Waals surface area contributed by atoms with Crippen LogP contribution in [-0.2, 0) is 33.2 Å². The van der Waals surface area contributed by atoms with Gasteiger partial charge in [-0.05, 0) is 32.4 Å². The number of unbranched alkanes of at least 4 members (excludes halogenated alkanes) is 5. The lowest BCUT2D eigenvalue weighted by Gasteiger charge is -2.22. The van der Waals surface area contributed by atoms with Gasteiger partial charge in [-0.15, -0.1) is 0 Å². The van der Waals surface area contributed by atoms with E-state index in [-0.39, 0.29) is 5.97 Å². The first-order valence-corrected chi connectivity index (χ1v) is 12.6. The van der Waals surface area contributed by atoms with E-state index in [0.29, 0.717) is 78.6 Å². The monoisotopic (exact) mass is 461 g/mol. The number of piperidine rings is 1. The zero-order valence-electron chi connectivity index (χ0n) is 20.3. The molecule has 1 aliphatic rings. The molecule has 0 aromatic rings. The molecule has 0 saturated carbocycles. The second-order valence-corrected chi connectivity index (χ2v) is 8.01. The Morgan fingerprint density at radius 3 is 1.78 bits per heavy atom. The Morgan fingerprint density at radius 2 is 1.19 bits per heavy atom. The van der Waals surface area contributed by atoms with Crippen molar-refractivity contribution in [2.75, 3.05) is 79.2 Å². The van der Waals surface area contributed by atoms with Crippen LogP contribution in [0.5, 0.6) is 0 Å². The van der Waals surface area contributed by atoms with Gasteiger partial charge < -0.3 is 33.7 Å². The van der Waals surface area contributed by atoms with Crippen LogP contribution < -0.4 is 5.32 Å². The fraction of sp³-hybridized carbons (Fsp3) is 0.958. The highest BCUT2D eigenvalue weighted by Crippen LogP contribution is 2.07. The minimum atomic E-state index is -0.129. The van der Waals surface area contributed by atoms with Crippen molar-refractivity contribution in [2.24, 2.45) is 0 Å². The Labute approximate surface area is 195 Å². The van der Waals surface area contributed by atoms with Crippen molar-refractivity contribution in [1.29, 1.82) is 0 Å². The molecule has 0 aliphatic carbocycles. The Hall–Kier alpha value is -0.770. The summed E-state index contributed by atoms with van der Waals surface area (Å²) in [5.41, 5.74) is 0. The number of carbonyl (C=O) groups excluding carboxylic acids is 1. The summed E-state index contributed by atoms with van der Waals surface area (Å²) in [4.78, 5) is 11.6. The lowest BCUT2D eigenvalue weighted by Crippen LogP contribution is -2.33. The van der Waals surface area contributed by atoms with Gasteiger partial charge in [-0.2, -0.15) is 0 Å². The number of hydrogen-bond donors (Lipinski definition) is 1. The minimum absolute atomic E-state index is 0.129. The third kappa shape index (κ3) is 19.9. The highest BCUT2D eigenvalue weighted by molar-refractivity contribution is 5.69. The van der Waals surface area contributed by atoms with Gasteiger partial charge in [0.2, 0.25) is 0 Å². The van der Waals surface area contributed by atoms with Crippen LogP contribution in [-0.4, -0.2) is 91.2 Å². The van der Waals surface area contributed by atoms with Crippen LogP contribution in [0, 0.1) is 0 Å². The van der Waals surface area contributed by atoms with Crippen molar-refractivity contribution in [2.45, 2.75) is 70.8 Å². The lowest BCUT2D eigenvalue weighted by molar-refractivity contribution is -0.145. The van der Waals surface area contributed by atoms with Crippen LogP contribution in [0.25, 0.3) is 0 Å². The fourth-order valence-corrected chi connectivity index (χ4v) is 3.33. The molecule has 1 fully saturated rings. The molecule has 1 N–H and O–H groups in total. The molecule has 0 atom stereocenters. The summed E-state index contributed by atoms with van der Waals surface area (Å²) < 4.78 is 32.7. The summed E-state index contributed by atoms with van der Waals surface area (Å²) in [6, 6.07) is 0. The average molecular weight is 462 g/mol. The van der Waals surface area contributed by atoms with Crippen molar-refractivity contribution < 1.29 is 33.2 Å². The second-order valence-electron chi connectivity index (χ2n) is 8.01. The van der Waals surface area contributed by atoms with Crippen LogP contribution in [0.3, 0.4) is 0 Å². The fourth-order valence-electron chi connectivity index (χ4n) is 3.33. The van der Waals surface area contributed by atoms with Gasteiger partial charge in [-0.1, -0.05) is 39.0 Å². The van der Waals surface area contributed by atoms with Gasteiger partial charge in [-0.25, -0.2) is 0 Å². The molecular formula is C24H47NO7. The van der Waals surface area contributed by atoms with Crippen molar-refractivity contribution in [3.8, 4) is 0 Å². The molecule has 8 nitrogen and oxygen atoms in total. The molecule has 1 heterocycles. The molecule has 0 spiro atoms. The molecule has 190 valence electrons. The molecule has 1 aliphatic heterocycles. The van der Waals surface area contributed by atoms with E-state index >= 15 is 0 Å². The SMILES string of the molecule is CCCCCCCCC(=O)OCCOCCOCCOCCOCCOC1CCNCC1. The van der Waals surface area contributed by atoms with Gasteiger partial charge >= 0.3 is 5.97 Å². The van der Waals surface area contributed by atoms with Gasteiger partial charge in [0.1, 0.15) is 6.61 Å². The summed E-state index contributed by atoms with van der Waals surface area (Å²) >= 11 is 0. The third-order valence-corrected chi connectivity index (χ3v) is 5.21. The van der Waals surface area contributed by atoms with Gasteiger partial charge in [0.25, 0.3) is 0 Å². The lowest BCUT2D eigenvalue weighted by atomic mass is 10.1. The molecule has 8 heteroatoms. The molecule has 32 heavy (non-hydrogen) atoms.